The third-order valence-corrected chi connectivity index (χ3v) is 5.25. The van der Waals surface area contributed by atoms with Crippen LogP contribution in [0.25, 0.3) is 11.0 Å². The van der Waals surface area contributed by atoms with E-state index in [1.54, 1.807) is 0 Å². The molecule has 1 N–H and O–H groups in total. The molecule has 7 heteroatoms. The van der Waals surface area contributed by atoms with E-state index in [1.165, 1.54) is 24.8 Å². The summed E-state index contributed by atoms with van der Waals surface area (Å²) in [5, 5.41) is 3.49. The van der Waals surface area contributed by atoms with Gasteiger partial charge in [-0.15, -0.1) is 24.0 Å². The number of para-hydroxylation sites is 2. The quantitative estimate of drug-likeness (QED) is 0.388. The molecule has 1 saturated heterocycles. The van der Waals surface area contributed by atoms with E-state index in [0.29, 0.717) is 0 Å². The van der Waals surface area contributed by atoms with Gasteiger partial charge in [-0.25, -0.2) is 4.98 Å². The normalized spacial score (nSPS) is 15.6. The van der Waals surface area contributed by atoms with E-state index < -0.39 is 0 Å². The average molecular weight is 485 g/mol. The number of fused-ring (bicyclic) bond motifs is 1. The molecule has 1 aromatic carbocycles. The number of halogens is 1. The van der Waals surface area contributed by atoms with Gasteiger partial charge in [-0.3, -0.25) is 4.99 Å². The topological polar surface area (TPSA) is 54.7 Å². The van der Waals surface area contributed by atoms with E-state index in [4.69, 9.17) is 4.74 Å². The molecule has 0 atom stereocenters. The summed E-state index contributed by atoms with van der Waals surface area (Å²) in [5.41, 5.74) is 2.25. The molecule has 0 amide bonds. The van der Waals surface area contributed by atoms with Crippen molar-refractivity contribution in [2.45, 2.75) is 32.7 Å². The molecule has 2 heterocycles. The van der Waals surface area contributed by atoms with Crippen LogP contribution >= 0.6 is 24.0 Å². The molecule has 0 bridgehead atoms. The van der Waals surface area contributed by atoms with Crippen LogP contribution in [0.3, 0.4) is 0 Å². The average Bonchev–Trinajstić information content (AvgIpc) is 2.99. The number of aliphatic imine (C=N–C) groups is 1. The number of imidazole rings is 1. The van der Waals surface area contributed by atoms with E-state index in [1.807, 2.05) is 13.1 Å². The predicted molar refractivity (Wildman–Crippen MR) is 122 cm³/mol. The van der Waals surface area contributed by atoms with E-state index in [-0.39, 0.29) is 24.0 Å². The summed E-state index contributed by atoms with van der Waals surface area (Å²) < 4.78 is 7.71. The van der Waals surface area contributed by atoms with Gasteiger partial charge in [-0.2, -0.15) is 0 Å². The van der Waals surface area contributed by atoms with Crippen LogP contribution in [0, 0.1) is 12.8 Å². The first-order chi connectivity index (χ1) is 12.7. The van der Waals surface area contributed by atoms with Crippen molar-refractivity contribution in [2.24, 2.45) is 10.9 Å². The van der Waals surface area contributed by atoms with Crippen molar-refractivity contribution < 1.29 is 4.74 Å². The molecule has 0 aliphatic carbocycles. The van der Waals surface area contributed by atoms with Crippen molar-refractivity contribution in [1.29, 1.82) is 0 Å². The molecule has 0 radical (unpaired) electrons. The number of nitrogens with one attached hydrogen (secondary N) is 1. The number of hydrogen-bond acceptors (Lipinski definition) is 3. The second-order valence-electron chi connectivity index (χ2n) is 7.04. The number of ether oxygens (including phenoxy) is 1. The van der Waals surface area contributed by atoms with Crippen molar-refractivity contribution in [3.05, 3.63) is 30.1 Å². The highest BCUT2D eigenvalue weighted by atomic mass is 127. The number of aromatic nitrogens is 2. The molecule has 6 nitrogen and oxygen atoms in total. The number of aryl methyl sites for hydroxylation is 1. The fourth-order valence-corrected chi connectivity index (χ4v) is 3.66. The maximum atomic E-state index is 5.45. The number of nitrogens with zero attached hydrogens (tertiary/aromatic N) is 4. The Kier molecular flexibility index (Phi) is 8.82. The summed E-state index contributed by atoms with van der Waals surface area (Å²) in [6.45, 7) is 6.62. The van der Waals surface area contributed by atoms with Gasteiger partial charge < -0.3 is 19.5 Å². The Balaban J connectivity index is 0.00000261. The maximum Gasteiger partial charge on any atom is 0.193 e. The third-order valence-electron chi connectivity index (χ3n) is 5.25. The summed E-state index contributed by atoms with van der Waals surface area (Å²) in [6.07, 6.45) is 3.57. The lowest BCUT2D eigenvalue weighted by molar-refractivity contribution is 0.0625. The first kappa shape index (κ1) is 21.9. The van der Waals surface area contributed by atoms with Gasteiger partial charge in [-0.1, -0.05) is 12.1 Å². The summed E-state index contributed by atoms with van der Waals surface area (Å²) in [6, 6.07) is 8.29. The highest BCUT2D eigenvalue weighted by molar-refractivity contribution is 14.0. The second-order valence-corrected chi connectivity index (χ2v) is 7.04. The van der Waals surface area contributed by atoms with Crippen molar-refractivity contribution in [2.75, 3.05) is 40.4 Å². The van der Waals surface area contributed by atoms with Crippen LogP contribution < -0.4 is 5.32 Å². The number of rotatable bonds is 6. The molecule has 1 aliphatic heterocycles. The maximum absolute atomic E-state index is 5.45. The third kappa shape index (κ3) is 5.81. The minimum Gasteiger partial charge on any atom is -0.381 e. The minimum atomic E-state index is 0. The number of benzene rings is 1. The Morgan fingerprint density at radius 3 is 2.81 bits per heavy atom. The Labute approximate surface area is 179 Å². The lowest BCUT2D eigenvalue weighted by atomic mass is 9.96. The van der Waals surface area contributed by atoms with Crippen molar-refractivity contribution >= 4 is 41.0 Å². The van der Waals surface area contributed by atoms with Gasteiger partial charge in [0.25, 0.3) is 0 Å². The van der Waals surface area contributed by atoms with Crippen molar-refractivity contribution in [3.63, 3.8) is 0 Å². The van der Waals surface area contributed by atoms with Crippen LogP contribution in [-0.2, 0) is 11.3 Å². The molecule has 1 aliphatic rings. The van der Waals surface area contributed by atoms with Gasteiger partial charge >= 0.3 is 0 Å². The van der Waals surface area contributed by atoms with Crippen LogP contribution in [0.2, 0.25) is 0 Å². The van der Waals surface area contributed by atoms with Crippen LogP contribution in [-0.4, -0.2) is 60.8 Å². The van der Waals surface area contributed by atoms with E-state index in [2.05, 4.69) is 56.9 Å². The Morgan fingerprint density at radius 2 is 2.07 bits per heavy atom. The molecule has 0 saturated carbocycles. The van der Waals surface area contributed by atoms with Crippen molar-refractivity contribution in [1.82, 2.24) is 19.8 Å². The van der Waals surface area contributed by atoms with Gasteiger partial charge in [0.05, 0.1) is 11.0 Å². The van der Waals surface area contributed by atoms with E-state index in [9.17, 15) is 0 Å². The van der Waals surface area contributed by atoms with Gasteiger partial charge in [0.2, 0.25) is 0 Å². The summed E-state index contributed by atoms with van der Waals surface area (Å²) in [5.74, 6) is 2.79. The number of guanidine groups is 1. The molecule has 27 heavy (non-hydrogen) atoms. The van der Waals surface area contributed by atoms with Gasteiger partial charge in [0.1, 0.15) is 5.82 Å². The molecule has 150 valence electrons. The molecule has 3 rings (SSSR count). The highest BCUT2D eigenvalue weighted by Gasteiger charge is 2.15. The lowest BCUT2D eigenvalue weighted by Gasteiger charge is -2.27. The number of hydrogen-bond donors (Lipinski definition) is 1. The zero-order valence-electron chi connectivity index (χ0n) is 16.6. The molecule has 1 aromatic heterocycles. The Bertz CT molecular complexity index is 739. The fraction of sp³-hybridized carbons (Fsp3) is 0.600. The molecular formula is C20H32IN5O. The minimum absolute atomic E-state index is 0. The highest BCUT2D eigenvalue weighted by Crippen LogP contribution is 2.18. The summed E-state index contributed by atoms with van der Waals surface area (Å²) in [7, 11) is 3.97. The Hall–Kier alpha value is -1.35. The van der Waals surface area contributed by atoms with Gasteiger partial charge in [0.15, 0.2) is 5.96 Å². The molecule has 1 fully saturated rings. The predicted octanol–water partition coefficient (Wildman–Crippen LogP) is 3.29. The van der Waals surface area contributed by atoms with Crippen LogP contribution in [0.1, 0.15) is 25.1 Å². The molecule has 0 spiro atoms. The second kappa shape index (κ2) is 10.8. The lowest BCUT2D eigenvalue weighted by Crippen LogP contribution is -2.41. The molecule has 0 unspecified atom stereocenters. The smallest absolute Gasteiger partial charge is 0.193 e. The first-order valence-electron chi connectivity index (χ1n) is 9.60. The molecule has 2 aromatic rings. The fourth-order valence-electron chi connectivity index (χ4n) is 3.66. The van der Waals surface area contributed by atoms with Gasteiger partial charge in [0, 0.05) is 46.9 Å². The van der Waals surface area contributed by atoms with Crippen LogP contribution in [0.4, 0.5) is 0 Å². The SMILES string of the molecule is CN=C(NCCn1c(C)nc2ccccc21)N(C)CCC1CCOCC1.I. The summed E-state index contributed by atoms with van der Waals surface area (Å²) in [4.78, 5) is 11.3. The monoisotopic (exact) mass is 485 g/mol. The zero-order chi connectivity index (χ0) is 18.4. The van der Waals surface area contributed by atoms with E-state index in [0.717, 1.165) is 56.1 Å². The first-order valence-corrected chi connectivity index (χ1v) is 9.60. The van der Waals surface area contributed by atoms with Crippen LogP contribution in [0.15, 0.2) is 29.3 Å². The summed E-state index contributed by atoms with van der Waals surface area (Å²) >= 11 is 0. The van der Waals surface area contributed by atoms with Gasteiger partial charge in [-0.05, 0) is 44.2 Å². The zero-order valence-corrected chi connectivity index (χ0v) is 19.0. The van der Waals surface area contributed by atoms with Crippen LogP contribution in [0.5, 0.6) is 0 Å². The standard InChI is InChI=1S/C20H31N5O.HI/c1-16-23-18-6-4-5-7-19(18)25(16)13-11-22-20(21-2)24(3)12-8-17-9-14-26-15-10-17;/h4-7,17H,8-15H2,1-3H3,(H,21,22);1H. The largest absolute Gasteiger partial charge is 0.381 e. The van der Waals surface area contributed by atoms with E-state index >= 15 is 0 Å². The van der Waals surface area contributed by atoms with Crippen molar-refractivity contribution in [3.8, 4) is 0 Å². The Morgan fingerprint density at radius 1 is 1.33 bits per heavy atom. The molecular weight excluding hydrogens is 453 g/mol.